The van der Waals surface area contributed by atoms with Gasteiger partial charge in [-0.25, -0.2) is 23.1 Å². The second-order valence-electron chi connectivity index (χ2n) is 15.5. The van der Waals surface area contributed by atoms with Crippen LogP contribution in [-0.2, 0) is 29.2 Å². The van der Waals surface area contributed by atoms with Gasteiger partial charge >= 0.3 is 0 Å². The third-order valence-electron chi connectivity index (χ3n) is 10.5. The molecule has 1 saturated heterocycles. The Balaban J connectivity index is 0.000000230. The first-order valence-corrected chi connectivity index (χ1v) is 22.9. The van der Waals surface area contributed by atoms with Crippen molar-refractivity contribution in [2.45, 2.75) is 88.3 Å². The number of nitrogens with one attached hydrogen (secondary N) is 4. The zero-order chi connectivity index (χ0) is 43.7. The Kier molecular flexibility index (Phi) is 14.8. The summed E-state index contributed by atoms with van der Waals surface area (Å²) in [6.45, 7) is 4.98. The van der Waals surface area contributed by atoms with Crippen LogP contribution in [0.15, 0.2) is 71.0 Å². The maximum atomic E-state index is 12.8. The molecule has 1 aliphatic carbocycles. The molecule has 326 valence electrons. The van der Waals surface area contributed by atoms with Crippen LogP contribution < -0.4 is 35.9 Å². The van der Waals surface area contributed by atoms with Crippen LogP contribution in [0.25, 0.3) is 22.3 Å². The van der Waals surface area contributed by atoms with Crippen molar-refractivity contribution in [1.82, 2.24) is 24.9 Å². The highest BCUT2D eigenvalue weighted by Gasteiger charge is 2.43. The minimum Gasteiger partial charge on any atom is -0.497 e. The number of methoxy groups -OCH3 is 1. The normalized spacial score (nSPS) is 21.5. The number of hydrogen-bond donors (Lipinski definition) is 5. The van der Waals surface area contributed by atoms with E-state index in [0.717, 1.165) is 49.2 Å². The fourth-order valence-corrected chi connectivity index (χ4v) is 9.30. The van der Waals surface area contributed by atoms with E-state index in [1.165, 1.54) is 29.4 Å². The molecular weight excluding hydrogens is 821 g/mol. The summed E-state index contributed by atoms with van der Waals surface area (Å²) in [4.78, 5) is 59.8. The van der Waals surface area contributed by atoms with Crippen molar-refractivity contribution in [3.05, 3.63) is 66.1 Å². The lowest BCUT2D eigenvalue weighted by Crippen LogP contribution is -2.44. The topological polar surface area (TPSA) is 224 Å². The minimum atomic E-state index is -3.84. The number of aromatic nitrogens is 2. The number of carbonyl (C=O) groups is 4. The Hall–Kier alpha value is -5.75. The number of thiazole rings is 1. The van der Waals surface area contributed by atoms with Gasteiger partial charge in [-0.05, 0) is 69.7 Å². The van der Waals surface area contributed by atoms with Gasteiger partial charge in [0.2, 0.25) is 23.6 Å². The summed E-state index contributed by atoms with van der Waals surface area (Å²) in [5.41, 5.74) is 8.14. The Bertz CT molecular complexity index is 2370. The van der Waals surface area contributed by atoms with Gasteiger partial charge in [-0.3, -0.25) is 19.2 Å². The highest BCUT2D eigenvalue weighted by molar-refractivity contribution is 7.90. The van der Waals surface area contributed by atoms with E-state index >= 15 is 0 Å². The van der Waals surface area contributed by atoms with Gasteiger partial charge in [0.1, 0.15) is 34.2 Å². The van der Waals surface area contributed by atoms with E-state index in [2.05, 4.69) is 37.8 Å². The number of primary amides is 1. The molecule has 6 N–H and O–H groups in total. The van der Waals surface area contributed by atoms with Crippen LogP contribution in [0.1, 0.15) is 65.2 Å². The fourth-order valence-electron chi connectivity index (χ4n) is 7.23. The number of ether oxygens (including phenoxy) is 2. The maximum Gasteiger partial charge on any atom is 0.266 e. The van der Waals surface area contributed by atoms with E-state index in [9.17, 15) is 27.6 Å². The number of pyridine rings is 1. The number of para-hydroxylation sites is 1. The van der Waals surface area contributed by atoms with Crippen molar-refractivity contribution in [3.63, 3.8) is 0 Å². The number of allylic oxidation sites excluding steroid dienone is 2. The first kappa shape index (κ1) is 44.8. The number of rotatable bonds is 10. The number of likely N-dealkylation sites (tertiary alicyclic amines) is 1. The van der Waals surface area contributed by atoms with Crippen molar-refractivity contribution < 1.29 is 37.1 Å². The number of amides is 4. The van der Waals surface area contributed by atoms with Crippen LogP contribution in [0.5, 0.6) is 11.5 Å². The average molecular weight is 875 g/mol. The van der Waals surface area contributed by atoms with Gasteiger partial charge in [0.05, 0.1) is 30.6 Å². The quantitative estimate of drug-likeness (QED) is 0.130. The van der Waals surface area contributed by atoms with Gasteiger partial charge < -0.3 is 36.1 Å². The fraction of sp³-hybridized carbons (Fsp3) is 0.442. The predicted octanol–water partition coefficient (Wildman–Crippen LogP) is 5.22. The molecule has 3 aliphatic rings. The highest BCUT2D eigenvalue weighted by atomic mass is 32.2. The van der Waals surface area contributed by atoms with Crippen molar-refractivity contribution in [3.8, 4) is 22.9 Å². The molecule has 2 fully saturated rings. The Morgan fingerprint density at radius 1 is 1.03 bits per heavy atom. The highest BCUT2D eigenvalue weighted by Crippen LogP contribution is 2.40. The lowest BCUT2D eigenvalue weighted by Gasteiger charge is -2.21. The predicted molar refractivity (Wildman–Crippen MR) is 235 cm³/mol. The van der Waals surface area contributed by atoms with Crippen LogP contribution in [0.3, 0.4) is 0 Å². The first-order chi connectivity index (χ1) is 29.3. The summed E-state index contributed by atoms with van der Waals surface area (Å²) >= 11 is 1.49. The average Bonchev–Trinajstić information content (AvgIpc) is 3.65. The second-order valence-corrected chi connectivity index (χ2v) is 18.0. The van der Waals surface area contributed by atoms with E-state index < -0.39 is 34.0 Å². The molecule has 1 saturated carbocycles. The molecule has 61 heavy (non-hydrogen) atoms. The molecule has 2 aliphatic heterocycles. The Morgan fingerprint density at radius 3 is 2.59 bits per heavy atom. The minimum absolute atomic E-state index is 0.0190. The van der Waals surface area contributed by atoms with Crippen LogP contribution in [0.2, 0.25) is 0 Å². The van der Waals surface area contributed by atoms with Gasteiger partial charge in [-0.1, -0.05) is 30.7 Å². The van der Waals surface area contributed by atoms with Crippen molar-refractivity contribution in [2.75, 3.05) is 37.9 Å². The molecule has 4 heterocycles. The molecule has 7 rings (SSSR count). The number of anilines is 2. The van der Waals surface area contributed by atoms with Gasteiger partial charge in [0, 0.05) is 67.7 Å². The van der Waals surface area contributed by atoms with E-state index in [1.54, 1.807) is 25.3 Å². The smallest absolute Gasteiger partial charge is 0.266 e. The molecule has 0 radical (unpaired) electrons. The molecule has 16 nitrogen and oxygen atoms in total. The molecule has 0 unspecified atom stereocenters. The summed E-state index contributed by atoms with van der Waals surface area (Å²) in [5.74, 6) is -0.411. The van der Waals surface area contributed by atoms with Crippen LogP contribution in [-0.4, -0.2) is 92.3 Å². The van der Waals surface area contributed by atoms with Crippen LogP contribution in [0.4, 0.5) is 10.8 Å². The van der Waals surface area contributed by atoms with Gasteiger partial charge in [0.25, 0.3) is 10.0 Å². The number of carbonyl (C=O) groups excluding carboxylic acids is 4. The van der Waals surface area contributed by atoms with E-state index in [4.69, 9.17) is 20.2 Å². The van der Waals surface area contributed by atoms with E-state index in [-0.39, 0.29) is 60.4 Å². The summed E-state index contributed by atoms with van der Waals surface area (Å²) in [6.07, 6.45) is 8.90. The molecular formula is C43H54N8O8S2. The summed E-state index contributed by atoms with van der Waals surface area (Å²) < 4.78 is 39.1. The molecule has 4 aromatic rings. The van der Waals surface area contributed by atoms with Gasteiger partial charge in [0.15, 0.2) is 5.13 Å². The first-order valence-electron chi connectivity index (χ1n) is 20.5. The standard InChI is InChI=1S/C26H32N6O5S.C17H22N2O3S/c1-14(2)29-26-31-20(13-38-26)19-11-22(17-6-5-15(36-4)9-18(17)30-19)37-16-10-21(25(27)35)32(12-16)24(34)8-7-23(33)28-3;20-17-14-12-13(14)8-4-2-1-3-7-11-18-15-9-5-6-10-16(15)23(21,22)19-17/h5-6,9,11,13-14,16,21H,7-8,10,12H2,1-4H3,(H2,27,35)(H,28,33)(H,29,31);4-6,8-10,13-14,18H,1-3,7,11-12H2,(H,19,20)/b;8-4-/t16-,21+;13-,14+/m11/s1. The molecule has 0 spiro atoms. The SMILES string of the molecule is CNC(=O)CCC(=O)N1C[C@H](Oc2cc(-c3csc(NC(C)C)n3)nc3cc(OC)ccc23)C[C@H]1C(N)=O.O=C1NS(=O)(=O)c2ccccc2NCCCCC/C=C\[C@@H]2C[C@H]12. The number of fused-ring (bicyclic) bond motifs is 3. The van der Waals surface area contributed by atoms with Gasteiger partial charge in [-0.2, -0.15) is 0 Å². The Labute approximate surface area is 360 Å². The zero-order valence-corrected chi connectivity index (χ0v) is 36.4. The monoisotopic (exact) mass is 874 g/mol. The molecule has 4 amide bonds. The van der Waals surface area contributed by atoms with Crippen molar-refractivity contribution >= 4 is 66.7 Å². The molecule has 2 aromatic carbocycles. The number of benzene rings is 2. The number of nitrogens with two attached hydrogens (primary N) is 1. The summed E-state index contributed by atoms with van der Waals surface area (Å²) in [5, 5.41) is 12.4. The summed E-state index contributed by atoms with van der Waals surface area (Å²) in [7, 11) is -0.744. The van der Waals surface area contributed by atoms with Crippen molar-refractivity contribution in [2.24, 2.45) is 17.6 Å². The third-order valence-corrected chi connectivity index (χ3v) is 12.7. The number of hydrogen-bond acceptors (Lipinski definition) is 13. The zero-order valence-electron chi connectivity index (χ0n) is 34.8. The summed E-state index contributed by atoms with van der Waals surface area (Å²) in [6, 6.07) is 13.5. The lowest BCUT2D eigenvalue weighted by atomic mass is 10.1. The van der Waals surface area contributed by atoms with Crippen molar-refractivity contribution in [1.29, 1.82) is 0 Å². The molecule has 18 heteroatoms. The molecule has 0 bridgehead atoms. The third kappa shape index (κ3) is 11.8. The van der Waals surface area contributed by atoms with Gasteiger partial charge in [-0.15, -0.1) is 11.3 Å². The Morgan fingerprint density at radius 2 is 1.84 bits per heavy atom. The van der Waals surface area contributed by atoms with E-state index in [1.807, 2.05) is 43.5 Å². The molecule has 4 atom stereocenters. The van der Waals surface area contributed by atoms with Crippen LogP contribution >= 0.6 is 11.3 Å². The number of sulfonamides is 1. The second kappa shape index (κ2) is 20.2. The van der Waals surface area contributed by atoms with Crippen LogP contribution in [0, 0.1) is 11.8 Å². The maximum absolute atomic E-state index is 12.8. The lowest BCUT2D eigenvalue weighted by molar-refractivity contribution is -0.138. The largest absolute Gasteiger partial charge is 0.497 e. The van der Waals surface area contributed by atoms with E-state index in [0.29, 0.717) is 34.1 Å². The number of nitrogens with zero attached hydrogens (tertiary/aromatic N) is 3. The molecule has 2 aromatic heterocycles.